The molecule has 0 rings (SSSR count). The van der Waals surface area contributed by atoms with E-state index in [0.29, 0.717) is 0 Å². The SMILES string of the molecule is CC(C)NC(CCC(=O)O)C(=O)C(C)(C)N. The van der Waals surface area contributed by atoms with Gasteiger partial charge < -0.3 is 16.2 Å². The van der Waals surface area contributed by atoms with Crippen LogP contribution in [0.25, 0.3) is 0 Å². The molecule has 4 N–H and O–H groups in total. The molecule has 16 heavy (non-hydrogen) atoms. The summed E-state index contributed by atoms with van der Waals surface area (Å²) in [7, 11) is 0. The predicted octanol–water partition coefficient (Wildman–Crippen LogP) is 0.524. The van der Waals surface area contributed by atoms with E-state index in [1.165, 1.54) is 0 Å². The molecule has 0 heterocycles. The minimum atomic E-state index is -0.939. The molecule has 94 valence electrons. The van der Waals surface area contributed by atoms with Crippen molar-refractivity contribution in [1.82, 2.24) is 5.32 Å². The van der Waals surface area contributed by atoms with Crippen LogP contribution in [-0.4, -0.2) is 34.5 Å². The number of nitrogens with one attached hydrogen (secondary N) is 1. The van der Waals surface area contributed by atoms with Crippen LogP contribution < -0.4 is 11.1 Å². The first-order valence-corrected chi connectivity index (χ1v) is 5.45. The molecule has 0 fully saturated rings. The summed E-state index contributed by atoms with van der Waals surface area (Å²) in [6, 6.07) is -0.374. The molecule has 0 amide bonds. The molecule has 0 aliphatic rings. The van der Waals surface area contributed by atoms with Crippen molar-refractivity contribution in [2.45, 2.75) is 58.2 Å². The van der Waals surface area contributed by atoms with E-state index in [-0.39, 0.29) is 24.7 Å². The number of carboxylic acid groups (broad SMARTS) is 1. The van der Waals surface area contributed by atoms with Gasteiger partial charge in [-0.15, -0.1) is 0 Å². The molecule has 0 aliphatic carbocycles. The van der Waals surface area contributed by atoms with Crippen LogP contribution in [0.15, 0.2) is 0 Å². The number of carboxylic acids is 1. The van der Waals surface area contributed by atoms with Gasteiger partial charge in [-0.25, -0.2) is 0 Å². The second-order valence-corrected chi connectivity index (χ2v) is 4.89. The van der Waals surface area contributed by atoms with Gasteiger partial charge in [0.15, 0.2) is 5.78 Å². The summed E-state index contributed by atoms with van der Waals surface area (Å²) < 4.78 is 0. The highest BCUT2D eigenvalue weighted by atomic mass is 16.4. The number of ketones is 1. The highest BCUT2D eigenvalue weighted by Gasteiger charge is 2.30. The number of carbonyl (C=O) groups excluding carboxylic acids is 1. The van der Waals surface area contributed by atoms with E-state index >= 15 is 0 Å². The summed E-state index contributed by atoms with van der Waals surface area (Å²) in [5.41, 5.74) is 4.79. The second-order valence-electron chi connectivity index (χ2n) is 4.89. The Kier molecular flexibility index (Phi) is 5.61. The molecule has 0 aromatic rings. The number of hydrogen-bond acceptors (Lipinski definition) is 4. The van der Waals surface area contributed by atoms with Crippen molar-refractivity contribution in [3.05, 3.63) is 0 Å². The van der Waals surface area contributed by atoms with Crippen LogP contribution in [0.4, 0.5) is 0 Å². The molecule has 0 bridgehead atoms. The van der Waals surface area contributed by atoms with Gasteiger partial charge >= 0.3 is 5.97 Å². The van der Waals surface area contributed by atoms with Crippen molar-refractivity contribution in [3.8, 4) is 0 Å². The molecule has 0 aromatic carbocycles. The zero-order valence-corrected chi connectivity index (χ0v) is 10.4. The number of carbonyl (C=O) groups is 2. The standard InChI is InChI=1S/C11H22N2O3/c1-7(2)13-8(5-6-9(14)15)10(16)11(3,4)12/h7-8,13H,5-6,12H2,1-4H3,(H,14,15). The van der Waals surface area contributed by atoms with Crippen LogP contribution in [-0.2, 0) is 9.59 Å². The average molecular weight is 230 g/mol. The maximum atomic E-state index is 11.9. The van der Waals surface area contributed by atoms with E-state index in [1.54, 1.807) is 13.8 Å². The molecular formula is C11H22N2O3. The molecule has 0 radical (unpaired) electrons. The van der Waals surface area contributed by atoms with Gasteiger partial charge in [0.25, 0.3) is 0 Å². The van der Waals surface area contributed by atoms with E-state index in [0.717, 1.165) is 0 Å². The van der Waals surface area contributed by atoms with Gasteiger partial charge in [0, 0.05) is 12.5 Å². The van der Waals surface area contributed by atoms with Crippen LogP contribution in [0.1, 0.15) is 40.5 Å². The molecule has 0 saturated heterocycles. The zero-order valence-electron chi connectivity index (χ0n) is 10.4. The first-order valence-electron chi connectivity index (χ1n) is 5.45. The van der Waals surface area contributed by atoms with Crippen LogP contribution in [0.5, 0.6) is 0 Å². The first-order chi connectivity index (χ1) is 7.14. The monoisotopic (exact) mass is 230 g/mol. The van der Waals surface area contributed by atoms with E-state index in [2.05, 4.69) is 5.32 Å². The van der Waals surface area contributed by atoms with Gasteiger partial charge in [-0.05, 0) is 20.3 Å². The smallest absolute Gasteiger partial charge is 0.303 e. The van der Waals surface area contributed by atoms with Crippen molar-refractivity contribution < 1.29 is 14.7 Å². The van der Waals surface area contributed by atoms with E-state index in [4.69, 9.17) is 10.8 Å². The Labute approximate surface area is 96.4 Å². The fourth-order valence-electron chi connectivity index (χ4n) is 1.41. The lowest BCUT2D eigenvalue weighted by atomic mass is 9.91. The maximum Gasteiger partial charge on any atom is 0.303 e. The summed E-state index contributed by atoms with van der Waals surface area (Å²) in [5.74, 6) is -1.05. The van der Waals surface area contributed by atoms with Crippen LogP contribution >= 0.6 is 0 Å². The largest absolute Gasteiger partial charge is 0.481 e. The third-order valence-corrected chi connectivity index (χ3v) is 2.13. The Morgan fingerprint density at radius 1 is 1.38 bits per heavy atom. The molecule has 1 atom stereocenters. The van der Waals surface area contributed by atoms with Crippen LogP contribution in [0.2, 0.25) is 0 Å². The third-order valence-electron chi connectivity index (χ3n) is 2.13. The molecular weight excluding hydrogens is 208 g/mol. The van der Waals surface area contributed by atoms with Gasteiger partial charge in [0.1, 0.15) is 0 Å². The normalized spacial score (nSPS) is 13.9. The zero-order chi connectivity index (χ0) is 12.9. The van der Waals surface area contributed by atoms with Crippen molar-refractivity contribution in [3.63, 3.8) is 0 Å². The minimum Gasteiger partial charge on any atom is -0.481 e. The van der Waals surface area contributed by atoms with Crippen molar-refractivity contribution in [2.75, 3.05) is 0 Å². The lowest BCUT2D eigenvalue weighted by Gasteiger charge is -2.26. The summed E-state index contributed by atoms with van der Waals surface area (Å²) >= 11 is 0. The van der Waals surface area contributed by atoms with Crippen LogP contribution in [0.3, 0.4) is 0 Å². The minimum absolute atomic E-state index is 0.0355. The topological polar surface area (TPSA) is 92.4 Å². The number of nitrogens with two attached hydrogens (primary N) is 1. The average Bonchev–Trinajstić information content (AvgIpc) is 2.08. The van der Waals surface area contributed by atoms with E-state index in [9.17, 15) is 9.59 Å². The second kappa shape index (κ2) is 5.96. The Morgan fingerprint density at radius 2 is 1.88 bits per heavy atom. The molecule has 1 unspecified atom stereocenters. The predicted molar refractivity (Wildman–Crippen MR) is 62.2 cm³/mol. The Bertz CT molecular complexity index is 256. The number of aliphatic carboxylic acids is 1. The highest BCUT2D eigenvalue weighted by molar-refractivity contribution is 5.92. The van der Waals surface area contributed by atoms with Gasteiger partial charge in [-0.3, -0.25) is 9.59 Å². The number of rotatable bonds is 7. The summed E-state index contributed by atoms with van der Waals surface area (Å²) in [6.07, 6.45) is 0.235. The van der Waals surface area contributed by atoms with Crippen molar-refractivity contribution in [2.24, 2.45) is 5.73 Å². The first kappa shape index (κ1) is 15.1. The fourth-order valence-corrected chi connectivity index (χ4v) is 1.41. The van der Waals surface area contributed by atoms with E-state index < -0.39 is 17.6 Å². The lowest BCUT2D eigenvalue weighted by Crippen LogP contribution is -2.53. The van der Waals surface area contributed by atoms with Crippen LogP contribution in [0, 0.1) is 0 Å². The van der Waals surface area contributed by atoms with E-state index in [1.807, 2.05) is 13.8 Å². The van der Waals surface area contributed by atoms with Crippen molar-refractivity contribution in [1.29, 1.82) is 0 Å². The Balaban J connectivity index is 4.54. The Morgan fingerprint density at radius 3 is 2.19 bits per heavy atom. The van der Waals surface area contributed by atoms with Gasteiger partial charge in [0.05, 0.1) is 11.6 Å². The van der Waals surface area contributed by atoms with Gasteiger partial charge in [-0.2, -0.15) is 0 Å². The molecule has 5 heteroatoms. The fraction of sp³-hybridized carbons (Fsp3) is 0.818. The molecule has 0 spiro atoms. The van der Waals surface area contributed by atoms with Gasteiger partial charge in [-0.1, -0.05) is 13.8 Å². The Hall–Kier alpha value is -0.940. The van der Waals surface area contributed by atoms with Gasteiger partial charge in [0.2, 0.25) is 0 Å². The maximum absolute atomic E-state index is 11.9. The van der Waals surface area contributed by atoms with Crippen molar-refractivity contribution >= 4 is 11.8 Å². The summed E-state index contributed by atoms with van der Waals surface area (Å²) in [4.78, 5) is 22.4. The summed E-state index contributed by atoms with van der Waals surface area (Å²) in [5, 5.41) is 11.7. The highest BCUT2D eigenvalue weighted by Crippen LogP contribution is 2.09. The third kappa shape index (κ3) is 5.82. The molecule has 5 nitrogen and oxygen atoms in total. The molecule has 0 saturated carbocycles. The summed E-state index contributed by atoms with van der Waals surface area (Å²) in [6.45, 7) is 7.07. The number of hydrogen-bond donors (Lipinski definition) is 3. The molecule has 0 aliphatic heterocycles. The quantitative estimate of drug-likeness (QED) is 0.593. The molecule has 0 aromatic heterocycles. The lowest BCUT2D eigenvalue weighted by molar-refractivity contribution is -0.137. The number of Topliss-reactive ketones (excluding diaryl/α,β-unsaturated/α-hetero) is 1.